The highest BCUT2D eigenvalue weighted by Crippen LogP contribution is 2.29. The Bertz CT molecular complexity index is 552. The van der Waals surface area contributed by atoms with Crippen molar-refractivity contribution in [3.05, 3.63) is 71.8 Å². The molecule has 2 N–H and O–H groups in total. The molecule has 1 aliphatic rings. The maximum Gasteiger partial charge on any atom is 0.0984 e. The molecule has 1 fully saturated rings. The van der Waals surface area contributed by atoms with Gasteiger partial charge in [-0.2, -0.15) is 0 Å². The van der Waals surface area contributed by atoms with E-state index in [1.807, 2.05) is 48.5 Å². The first-order valence-corrected chi connectivity index (χ1v) is 7.97. The zero-order valence-electron chi connectivity index (χ0n) is 12.7. The molecule has 3 atom stereocenters. The van der Waals surface area contributed by atoms with Gasteiger partial charge in [0.05, 0.1) is 18.2 Å². The summed E-state index contributed by atoms with van der Waals surface area (Å²) in [4.78, 5) is 0. The molecule has 0 aliphatic carbocycles. The van der Waals surface area contributed by atoms with Crippen LogP contribution in [0.5, 0.6) is 0 Å². The van der Waals surface area contributed by atoms with E-state index in [-0.39, 0.29) is 12.1 Å². The Morgan fingerprint density at radius 2 is 1.64 bits per heavy atom. The average molecular weight is 297 g/mol. The third-order valence-corrected chi connectivity index (χ3v) is 4.20. The number of nitrogens with one attached hydrogen (secondary N) is 1. The van der Waals surface area contributed by atoms with Gasteiger partial charge in [0.2, 0.25) is 0 Å². The molecule has 2 aromatic carbocycles. The van der Waals surface area contributed by atoms with Crippen LogP contribution < -0.4 is 5.32 Å². The molecule has 0 radical (unpaired) electrons. The van der Waals surface area contributed by atoms with Crippen LogP contribution >= 0.6 is 0 Å². The van der Waals surface area contributed by atoms with E-state index in [0.29, 0.717) is 0 Å². The third-order valence-electron chi connectivity index (χ3n) is 4.20. The molecular formula is C19H23NO2. The maximum absolute atomic E-state index is 10.8. The first kappa shape index (κ1) is 15.2. The fourth-order valence-corrected chi connectivity index (χ4v) is 2.98. The zero-order chi connectivity index (χ0) is 15.2. The SMILES string of the molecule is OC(c1ccccc1)C(NCC1CCCO1)c1ccccc1. The summed E-state index contributed by atoms with van der Waals surface area (Å²) >= 11 is 0. The summed E-state index contributed by atoms with van der Waals surface area (Å²) in [5, 5.41) is 14.3. The van der Waals surface area contributed by atoms with Gasteiger partial charge in [0.25, 0.3) is 0 Å². The van der Waals surface area contributed by atoms with E-state index in [9.17, 15) is 5.11 Å². The van der Waals surface area contributed by atoms with Crippen LogP contribution in [-0.2, 0) is 4.74 Å². The van der Waals surface area contributed by atoms with E-state index in [1.165, 1.54) is 0 Å². The number of benzene rings is 2. The molecule has 3 heteroatoms. The van der Waals surface area contributed by atoms with Gasteiger partial charge in [0.15, 0.2) is 0 Å². The molecule has 0 amide bonds. The second-order valence-corrected chi connectivity index (χ2v) is 5.79. The number of aliphatic hydroxyl groups excluding tert-OH is 1. The van der Waals surface area contributed by atoms with Crippen molar-refractivity contribution in [2.45, 2.75) is 31.1 Å². The quantitative estimate of drug-likeness (QED) is 0.860. The van der Waals surface area contributed by atoms with Crippen molar-refractivity contribution in [1.82, 2.24) is 5.32 Å². The van der Waals surface area contributed by atoms with E-state index in [2.05, 4.69) is 17.4 Å². The molecule has 0 bridgehead atoms. The standard InChI is InChI=1S/C19H23NO2/c21-19(16-10-5-2-6-11-16)18(15-8-3-1-4-9-15)20-14-17-12-7-13-22-17/h1-6,8-11,17-21H,7,12-14H2. The number of ether oxygens (including phenoxy) is 1. The predicted octanol–water partition coefficient (Wildman–Crippen LogP) is 3.23. The van der Waals surface area contributed by atoms with Gasteiger partial charge in [-0.3, -0.25) is 0 Å². The molecule has 22 heavy (non-hydrogen) atoms. The van der Waals surface area contributed by atoms with Crippen LogP contribution in [0.25, 0.3) is 0 Å². The van der Waals surface area contributed by atoms with Crippen molar-refractivity contribution in [3.8, 4) is 0 Å². The minimum Gasteiger partial charge on any atom is -0.386 e. The highest BCUT2D eigenvalue weighted by molar-refractivity contribution is 5.26. The fraction of sp³-hybridized carbons (Fsp3) is 0.368. The molecule has 0 saturated carbocycles. The summed E-state index contributed by atoms with van der Waals surface area (Å²) in [5.74, 6) is 0. The lowest BCUT2D eigenvalue weighted by Gasteiger charge is -2.26. The molecular weight excluding hydrogens is 274 g/mol. The van der Waals surface area contributed by atoms with Gasteiger partial charge in [0, 0.05) is 13.2 Å². The van der Waals surface area contributed by atoms with Crippen molar-refractivity contribution in [1.29, 1.82) is 0 Å². The Balaban J connectivity index is 1.76. The average Bonchev–Trinajstić information content (AvgIpc) is 3.10. The second-order valence-electron chi connectivity index (χ2n) is 5.79. The normalized spacial score (nSPS) is 20.7. The van der Waals surface area contributed by atoms with E-state index in [1.54, 1.807) is 0 Å². The Kier molecular flexibility index (Phi) is 5.22. The van der Waals surface area contributed by atoms with Crippen LogP contribution in [-0.4, -0.2) is 24.4 Å². The summed E-state index contributed by atoms with van der Waals surface area (Å²) in [6.45, 7) is 1.62. The van der Waals surface area contributed by atoms with Gasteiger partial charge in [-0.1, -0.05) is 60.7 Å². The molecule has 2 aromatic rings. The Morgan fingerprint density at radius 1 is 1.00 bits per heavy atom. The van der Waals surface area contributed by atoms with Gasteiger partial charge < -0.3 is 15.2 Å². The van der Waals surface area contributed by atoms with Crippen molar-refractivity contribution in [2.75, 3.05) is 13.2 Å². The van der Waals surface area contributed by atoms with Crippen molar-refractivity contribution in [3.63, 3.8) is 0 Å². The van der Waals surface area contributed by atoms with E-state index >= 15 is 0 Å². The number of aliphatic hydroxyl groups is 1. The highest BCUT2D eigenvalue weighted by atomic mass is 16.5. The maximum atomic E-state index is 10.8. The van der Waals surface area contributed by atoms with Crippen LogP contribution in [0.3, 0.4) is 0 Å². The molecule has 1 heterocycles. The predicted molar refractivity (Wildman–Crippen MR) is 87.6 cm³/mol. The molecule has 1 saturated heterocycles. The van der Waals surface area contributed by atoms with Gasteiger partial charge in [-0.25, -0.2) is 0 Å². The number of hydrogen-bond donors (Lipinski definition) is 2. The van der Waals surface area contributed by atoms with Crippen LogP contribution in [0.2, 0.25) is 0 Å². The lowest BCUT2D eigenvalue weighted by molar-refractivity contribution is 0.0875. The molecule has 0 spiro atoms. The zero-order valence-corrected chi connectivity index (χ0v) is 12.7. The number of hydrogen-bond acceptors (Lipinski definition) is 3. The Labute approximate surface area is 131 Å². The summed E-state index contributed by atoms with van der Waals surface area (Å²) in [5.41, 5.74) is 2.02. The summed E-state index contributed by atoms with van der Waals surface area (Å²) < 4.78 is 5.68. The van der Waals surface area contributed by atoms with Crippen molar-refractivity contribution in [2.24, 2.45) is 0 Å². The summed E-state index contributed by atoms with van der Waals surface area (Å²) in [6, 6.07) is 19.8. The molecule has 3 unspecified atom stereocenters. The van der Waals surface area contributed by atoms with Crippen LogP contribution in [0.1, 0.15) is 36.1 Å². The summed E-state index contributed by atoms with van der Waals surface area (Å²) in [6.07, 6.45) is 1.90. The van der Waals surface area contributed by atoms with E-state index in [4.69, 9.17) is 4.74 Å². The lowest BCUT2D eigenvalue weighted by atomic mass is 9.95. The van der Waals surface area contributed by atoms with E-state index in [0.717, 1.165) is 37.1 Å². The number of rotatable bonds is 6. The monoisotopic (exact) mass is 297 g/mol. The minimum absolute atomic E-state index is 0.132. The Morgan fingerprint density at radius 3 is 2.23 bits per heavy atom. The smallest absolute Gasteiger partial charge is 0.0984 e. The summed E-state index contributed by atoms with van der Waals surface area (Å²) in [7, 11) is 0. The van der Waals surface area contributed by atoms with Gasteiger partial charge >= 0.3 is 0 Å². The van der Waals surface area contributed by atoms with Gasteiger partial charge in [-0.15, -0.1) is 0 Å². The molecule has 0 aromatic heterocycles. The molecule has 3 rings (SSSR count). The van der Waals surface area contributed by atoms with Gasteiger partial charge in [-0.05, 0) is 24.0 Å². The van der Waals surface area contributed by atoms with Crippen LogP contribution in [0, 0.1) is 0 Å². The first-order chi connectivity index (χ1) is 10.8. The van der Waals surface area contributed by atoms with E-state index < -0.39 is 6.10 Å². The highest BCUT2D eigenvalue weighted by Gasteiger charge is 2.24. The van der Waals surface area contributed by atoms with Crippen molar-refractivity contribution >= 4 is 0 Å². The van der Waals surface area contributed by atoms with Gasteiger partial charge in [0.1, 0.15) is 0 Å². The van der Waals surface area contributed by atoms with Crippen LogP contribution in [0.4, 0.5) is 0 Å². The fourth-order valence-electron chi connectivity index (χ4n) is 2.98. The van der Waals surface area contributed by atoms with Crippen LogP contribution in [0.15, 0.2) is 60.7 Å². The largest absolute Gasteiger partial charge is 0.386 e. The topological polar surface area (TPSA) is 41.5 Å². The minimum atomic E-state index is -0.579. The second kappa shape index (κ2) is 7.54. The molecule has 1 aliphatic heterocycles. The molecule has 116 valence electrons. The first-order valence-electron chi connectivity index (χ1n) is 7.97. The van der Waals surface area contributed by atoms with Crippen molar-refractivity contribution < 1.29 is 9.84 Å². The third kappa shape index (κ3) is 3.74. The Hall–Kier alpha value is -1.68. The lowest BCUT2D eigenvalue weighted by Crippen LogP contribution is -2.33. The molecule has 3 nitrogen and oxygen atoms in total.